The van der Waals surface area contributed by atoms with E-state index in [0.29, 0.717) is 5.82 Å². The number of carbonyl (C=O) groups is 3. The van der Waals surface area contributed by atoms with Gasteiger partial charge in [0.2, 0.25) is 0 Å². The zero-order valence-electron chi connectivity index (χ0n) is 19.8. The standard InChI is InChI=1S/C27H25N5O5/c33-23(22(16-24(34)35)28-27(36)37-18-19-10-4-1-5-11-19)17-32-26(29-30-31-32)25(20-12-6-2-7-13-20)21-14-8-3-9-15-21/h1-15,22,25H,16-18H2,(H,28,36)(H,34,35). The highest BCUT2D eigenvalue weighted by atomic mass is 16.5. The van der Waals surface area contributed by atoms with Gasteiger partial charge in [-0.05, 0) is 27.1 Å². The largest absolute Gasteiger partial charge is 0.481 e. The van der Waals surface area contributed by atoms with E-state index in [4.69, 9.17) is 4.74 Å². The van der Waals surface area contributed by atoms with E-state index in [1.165, 1.54) is 4.68 Å². The number of hydrogen-bond donors (Lipinski definition) is 2. The Labute approximate surface area is 212 Å². The summed E-state index contributed by atoms with van der Waals surface area (Å²) in [4.78, 5) is 36.9. The normalized spacial score (nSPS) is 11.6. The Bertz CT molecular complexity index is 1290. The molecule has 0 fully saturated rings. The molecule has 0 spiro atoms. The van der Waals surface area contributed by atoms with Gasteiger partial charge in [-0.15, -0.1) is 5.10 Å². The van der Waals surface area contributed by atoms with Crippen molar-refractivity contribution in [3.8, 4) is 0 Å². The number of rotatable bonds is 11. The topological polar surface area (TPSA) is 136 Å². The van der Waals surface area contributed by atoms with E-state index in [1.807, 2.05) is 66.7 Å². The molecular weight excluding hydrogens is 474 g/mol. The van der Waals surface area contributed by atoms with Crippen LogP contribution in [0.15, 0.2) is 91.0 Å². The summed E-state index contributed by atoms with van der Waals surface area (Å²) in [6.07, 6.45) is -1.51. The lowest BCUT2D eigenvalue weighted by Crippen LogP contribution is -2.44. The summed E-state index contributed by atoms with van der Waals surface area (Å²) in [7, 11) is 0. The minimum Gasteiger partial charge on any atom is -0.481 e. The minimum absolute atomic E-state index is 0.0202. The second-order valence-electron chi connectivity index (χ2n) is 8.27. The fraction of sp³-hybridized carbons (Fsp3) is 0.185. The molecule has 4 aromatic rings. The van der Waals surface area contributed by atoms with Crippen LogP contribution in [0, 0.1) is 0 Å². The molecule has 0 radical (unpaired) electrons. The average Bonchev–Trinajstić information content (AvgIpc) is 3.36. The van der Waals surface area contributed by atoms with Crippen LogP contribution in [0.2, 0.25) is 0 Å². The van der Waals surface area contributed by atoms with E-state index >= 15 is 0 Å². The van der Waals surface area contributed by atoms with Crippen molar-refractivity contribution in [2.45, 2.75) is 31.5 Å². The first-order valence-electron chi connectivity index (χ1n) is 11.6. The maximum absolute atomic E-state index is 13.2. The van der Waals surface area contributed by atoms with Crippen LogP contribution < -0.4 is 5.32 Å². The predicted molar refractivity (Wildman–Crippen MR) is 132 cm³/mol. The summed E-state index contributed by atoms with van der Waals surface area (Å²) in [5, 5.41) is 23.6. The number of hydrogen-bond acceptors (Lipinski definition) is 7. The molecule has 0 bridgehead atoms. The van der Waals surface area contributed by atoms with E-state index in [2.05, 4.69) is 20.8 Å². The summed E-state index contributed by atoms with van der Waals surface area (Å²) in [6, 6.07) is 26.8. The lowest BCUT2D eigenvalue weighted by molar-refractivity contribution is -0.139. The van der Waals surface area contributed by atoms with Gasteiger partial charge in [-0.2, -0.15) is 0 Å². The first-order chi connectivity index (χ1) is 18.0. The van der Waals surface area contributed by atoms with Gasteiger partial charge in [-0.25, -0.2) is 9.48 Å². The third-order valence-electron chi connectivity index (χ3n) is 5.66. The maximum Gasteiger partial charge on any atom is 0.408 e. The van der Waals surface area contributed by atoms with Crippen molar-refractivity contribution in [1.82, 2.24) is 25.5 Å². The van der Waals surface area contributed by atoms with E-state index in [9.17, 15) is 19.5 Å². The highest BCUT2D eigenvalue weighted by molar-refractivity contribution is 5.90. The number of aliphatic carboxylic acids is 1. The minimum atomic E-state index is -1.33. The number of carboxylic acids is 1. The number of alkyl carbamates (subject to hydrolysis) is 1. The second kappa shape index (κ2) is 12.2. The van der Waals surface area contributed by atoms with Crippen molar-refractivity contribution in [2.75, 3.05) is 0 Å². The number of nitrogens with one attached hydrogen (secondary N) is 1. The Morgan fingerprint density at radius 3 is 2.00 bits per heavy atom. The van der Waals surface area contributed by atoms with Crippen LogP contribution in [0.4, 0.5) is 4.79 Å². The van der Waals surface area contributed by atoms with Crippen molar-refractivity contribution >= 4 is 17.8 Å². The van der Waals surface area contributed by atoms with Crippen molar-refractivity contribution in [3.05, 3.63) is 114 Å². The Balaban J connectivity index is 1.52. The fourth-order valence-electron chi connectivity index (χ4n) is 3.90. The molecule has 0 saturated heterocycles. The van der Waals surface area contributed by atoms with E-state index < -0.39 is 30.3 Å². The van der Waals surface area contributed by atoms with Crippen molar-refractivity contribution < 1.29 is 24.2 Å². The smallest absolute Gasteiger partial charge is 0.408 e. The summed E-state index contributed by atoms with van der Waals surface area (Å²) < 4.78 is 6.49. The van der Waals surface area contributed by atoms with Gasteiger partial charge in [0.25, 0.3) is 0 Å². The molecule has 0 aliphatic carbocycles. The summed E-state index contributed by atoms with van der Waals surface area (Å²) in [6.45, 7) is -0.358. The molecule has 0 aliphatic heterocycles. The second-order valence-corrected chi connectivity index (χ2v) is 8.27. The van der Waals surface area contributed by atoms with Gasteiger partial charge in [-0.3, -0.25) is 9.59 Å². The molecule has 37 heavy (non-hydrogen) atoms. The van der Waals surface area contributed by atoms with Gasteiger partial charge >= 0.3 is 12.1 Å². The molecule has 4 rings (SSSR count). The quantitative estimate of drug-likeness (QED) is 0.321. The number of benzene rings is 3. The molecule has 1 amide bonds. The molecule has 3 aromatic carbocycles. The third kappa shape index (κ3) is 6.85. The van der Waals surface area contributed by atoms with E-state index in [0.717, 1.165) is 16.7 Å². The molecular formula is C27H25N5O5. The highest BCUT2D eigenvalue weighted by Gasteiger charge is 2.28. The van der Waals surface area contributed by atoms with Gasteiger partial charge in [0.15, 0.2) is 11.6 Å². The Morgan fingerprint density at radius 2 is 1.43 bits per heavy atom. The van der Waals surface area contributed by atoms with Crippen LogP contribution in [0.5, 0.6) is 0 Å². The molecule has 1 unspecified atom stereocenters. The number of carboxylic acid groups (broad SMARTS) is 1. The molecule has 1 atom stereocenters. The van der Waals surface area contributed by atoms with Crippen LogP contribution in [0.3, 0.4) is 0 Å². The highest BCUT2D eigenvalue weighted by Crippen LogP contribution is 2.30. The van der Waals surface area contributed by atoms with Gasteiger partial charge in [0, 0.05) is 0 Å². The van der Waals surface area contributed by atoms with Crippen LogP contribution in [0.1, 0.15) is 34.9 Å². The number of ether oxygens (including phenoxy) is 1. The molecule has 188 valence electrons. The fourth-order valence-corrected chi connectivity index (χ4v) is 3.90. The van der Waals surface area contributed by atoms with Crippen LogP contribution in [-0.2, 0) is 27.5 Å². The zero-order valence-corrected chi connectivity index (χ0v) is 19.8. The van der Waals surface area contributed by atoms with Gasteiger partial charge in [-0.1, -0.05) is 91.0 Å². The number of ketones is 1. The number of aromatic nitrogens is 4. The predicted octanol–water partition coefficient (Wildman–Crippen LogP) is 3.19. The Hall–Kier alpha value is -4.86. The molecule has 0 aliphatic rings. The van der Waals surface area contributed by atoms with E-state index in [1.54, 1.807) is 24.3 Å². The summed E-state index contributed by atoms with van der Waals surface area (Å²) >= 11 is 0. The maximum atomic E-state index is 13.2. The van der Waals surface area contributed by atoms with Gasteiger partial charge < -0.3 is 15.2 Å². The molecule has 1 heterocycles. The number of Topliss-reactive ketones (excluding diaryl/α,β-unsaturated/α-hetero) is 1. The molecule has 2 N–H and O–H groups in total. The van der Waals surface area contributed by atoms with Crippen molar-refractivity contribution in [1.29, 1.82) is 0 Å². The monoisotopic (exact) mass is 499 g/mol. The lowest BCUT2D eigenvalue weighted by atomic mass is 9.90. The molecule has 10 heteroatoms. The first-order valence-corrected chi connectivity index (χ1v) is 11.6. The molecule has 0 saturated carbocycles. The average molecular weight is 500 g/mol. The summed E-state index contributed by atoms with van der Waals surface area (Å²) in [5.74, 6) is -1.78. The SMILES string of the molecule is O=C(O)CC(NC(=O)OCc1ccccc1)C(=O)Cn1nnnc1C(c1ccccc1)c1ccccc1. The van der Waals surface area contributed by atoms with E-state index in [-0.39, 0.29) is 19.1 Å². The lowest BCUT2D eigenvalue weighted by Gasteiger charge is -2.19. The first kappa shape index (κ1) is 25.2. The third-order valence-corrected chi connectivity index (χ3v) is 5.66. The van der Waals surface area contributed by atoms with Crippen molar-refractivity contribution in [3.63, 3.8) is 0 Å². The molecule has 10 nitrogen and oxygen atoms in total. The zero-order chi connectivity index (χ0) is 26.0. The Morgan fingerprint density at radius 1 is 0.865 bits per heavy atom. The molecule has 1 aromatic heterocycles. The summed E-state index contributed by atoms with van der Waals surface area (Å²) in [5.41, 5.74) is 2.59. The van der Waals surface area contributed by atoms with Gasteiger partial charge in [0.1, 0.15) is 19.2 Å². The van der Waals surface area contributed by atoms with Crippen molar-refractivity contribution in [2.24, 2.45) is 0 Å². The number of carbonyl (C=O) groups excluding carboxylic acids is 2. The van der Waals surface area contributed by atoms with Crippen LogP contribution in [-0.4, -0.2) is 49.2 Å². The van der Waals surface area contributed by atoms with Crippen LogP contribution >= 0.6 is 0 Å². The number of nitrogens with zero attached hydrogens (tertiary/aromatic N) is 4. The Kier molecular flexibility index (Phi) is 8.33. The van der Waals surface area contributed by atoms with Crippen LogP contribution in [0.25, 0.3) is 0 Å². The number of tetrazole rings is 1. The number of amides is 1. The van der Waals surface area contributed by atoms with Gasteiger partial charge in [0.05, 0.1) is 12.3 Å².